The number of methoxy groups -OCH3 is 1. The maximum absolute atomic E-state index is 11.1. The maximum atomic E-state index is 11.1. The molecule has 2 heterocycles. The van der Waals surface area contributed by atoms with Gasteiger partial charge in [-0.05, 0) is 6.07 Å². The van der Waals surface area contributed by atoms with Gasteiger partial charge in [-0.15, -0.1) is 0 Å². The summed E-state index contributed by atoms with van der Waals surface area (Å²) in [6, 6.07) is 4.81. The first-order valence-corrected chi connectivity index (χ1v) is 4.48. The third kappa shape index (κ3) is 2.04. The van der Waals surface area contributed by atoms with Crippen molar-refractivity contribution in [1.29, 1.82) is 0 Å². The van der Waals surface area contributed by atoms with E-state index in [0.717, 1.165) is 11.3 Å². The Bertz CT molecular complexity index is 520. The average molecular weight is 202 g/mol. The zero-order valence-corrected chi connectivity index (χ0v) is 8.23. The average Bonchev–Trinajstić information content (AvgIpc) is 2.29. The second kappa shape index (κ2) is 3.96. The van der Waals surface area contributed by atoms with Crippen LogP contribution in [0.4, 0.5) is 0 Å². The van der Waals surface area contributed by atoms with Crippen LogP contribution in [0, 0.1) is 0 Å². The van der Waals surface area contributed by atoms with Crippen molar-refractivity contribution in [1.82, 2.24) is 9.97 Å². The minimum absolute atomic E-state index is 0.0356. The summed E-state index contributed by atoms with van der Waals surface area (Å²) >= 11 is 0. The highest BCUT2D eigenvalue weighted by molar-refractivity contribution is 5.59. The minimum Gasteiger partial charge on any atom is -0.495 e. The summed E-state index contributed by atoms with van der Waals surface area (Å²) in [6.07, 6.45) is 4.90. The molecule has 0 amide bonds. The molecule has 0 aromatic carbocycles. The Labute approximate surface area is 86.6 Å². The molecule has 0 saturated carbocycles. The molecule has 0 unspecified atom stereocenters. The quantitative estimate of drug-likeness (QED) is 0.801. The van der Waals surface area contributed by atoms with Crippen LogP contribution in [0.25, 0.3) is 11.3 Å². The van der Waals surface area contributed by atoms with E-state index in [1.165, 1.54) is 12.1 Å². The molecule has 1 N–H and O–H groups in total. The molecule has 2 aromatic rings. The Morgan fingerprint density at radius 3 is 2.93 bits per heavy atom. The van der Waals surface area contributed by atoms with Crippen LogP contribution in [0.3, 0.4) is 0 Å². The number of H-pyrrole nitrogens is 1. The van der Waals surface area contributed by atoms with E-state index in [0.29, 0.717) is 5.75 Å². The van der Waals surface area contributed by atoms with Crippen molar-refractivity contribution in [3.63, 3.8) is 0 Å². The zero-order chi connectivity index (χ0) is 10.7. The minimum atomic E-state index is -0.0356. The monoisotopic (exact) mass is 202 g/mol. The number of aromatic amines is 1. The number of nitrogens with zero attached hydrogens (tertiary/aromatic N) is 1. The summed E-state index contributed by atoms with van der Waals surface area (Å²) in [5, 5.41) is 0. The molecule has 0 fully saturated rings. The van der Waals surface area contributed by atoms with Crippen LogP contribution in [0.5, 0.6) is 5.75 Å². The first-order chi connectivity index (χ1) is 7.29. The lowest BCUT2D eigenvalue weighted by atomic mass is 10.2. The molecule has 0 bridgehead atoms. The van der Waals surface area contributed by atoms with E-state index in [4.69, 9.17) is 4.74 Å². The predicted octanol–water partition coefficient (Wildman–Crippen LogP) is 1.45. The lowest BCUT2D eigenvalue weighted by Gasteiger charge is -2.03. The van der Waals surface area contributed by atoms with E-state index < -0.39 is 0 Å². The van der Waals surface area contributed by atoms with Gasteiger partial charge in [-0.3, -0.25) is 9.78 Å². The largest absolute Gasteiger partial charge is 0.495 e. The molecule has 76 valence electrons. The van der Waals surface area contributed by atoms with Gasteiger partial charge in [0.1, 0.15) is 5.75 Å². The Balaban J connectivity index is 2.49. The third-order valence-corrected chi connectivity index (χ3v) is 2.03. The molecule has 0 radical (unpaired) electrons. The van der Waals surface area contributed by atoms with Crippen molar-refractivity contribution >= 4 is 0 Å². The summed E-state index contributed by atoms with van der Waals surface area (Å²) in [5.41, 5.74) is 1.52. The van der Waals surface area contributed by atoms with E-state index in [1.54, 1.807) is 25.7 Å². The summed E-state index contributed by atoms with van der Waals surface area (Å²) in [4.78, 5) is 18.1. The lowest BCUT2D eigenvalue weighted by Crippen LogP contribution is -1.98. The first-order valence-electron chi connectivity index (χ1n) is 4.48. The molecule has 2 aromatic heterocycles. The number of pyridine rings is 2. The van der Waals surface area contributed by atoms with Gasteiger partial charge in [0.05, 0.1) is 19.0 Å². The Hall–Kier alpha value is -2.10. The highest BCUT2D eigenvalue weighted by Crippen LogP contribution is 2.18. The van der Waals surface area contributed by atoms with Crippen molar-refractivity contribution in [3.8, 4) is 17.0 Å². The van der Waals surface area contributed by atoms with Gasteiger partial charge in [0, 0.05) is 30.1 Å². The van der Waals surface area contributed by atoms with Crippen LogP contribution >= 0.6 is 0 Å². The molecule has 0 saturated heterocycles. The van der Waals surface area contributed by atoms with Crippen molar-refractivity contribution < 1.29 is 4.74 Å². The number of aromatic nitrogens is 2. The molecule has 4 nitrogen and oxygen atoms in total. The predicted molar refractivity (Wildman–Crippen MR) is 56.8 cm³/mol. The smallest absolute Gasteiger partial charge is 0.182 e. The van der Waals surface area contributed by atoms with E-state index in [2.05, 4.69) is 9.97 Å². The number of hydrogen-bond donors (Lipinski definition) is 1. The molecule has 0 atom stereocenters. The van der Waals surface area contributed by atoms with Crippen molar-refractivity contribution in [2.24, 2.45) is 0 Å². The summed E-state index contributed by atoms with van der Waals surface area (Å²) in [5.74, 6) is 0.664. The molecule has 0 aliphatic rings. The van der Waals surface area contributed by atoms with Gasteiger partial charge < -0.3 is 9.72 Å². The second-order valence-corrected chi connectivity index (χ2v) is 3.05. The fourth-order valence-corrected chi connectivity index (χ4v) is 1.29. The van der Waals surface area contributed by atoms with Gasteiger partial charge in [0.15, 0.2) is 5.43 Å². The molecule has 2 rings (SSSR count). The number of ether oxygens (including phenoxy) is 1. The van der Waals surface area contributed by atoms with Crippen LogP contribution < -0.4 is 10.2 Å². The molecule has 15 heavy (non-hydrogen) atoms. The Morgan fingerprint density at radius 1 is 1.33 bits per heavy atom. The second-order valence-electron chi connectivity index (χ2n) is 3.05. The van der Waals surface area contributed by atoms with Crippen LogP contribution in [0.15, 0.2) is 41.6 Å². The van der Waals surface area contributed by atoms with Crippen LogP contribution in [-0.4, -0.2) is 17.1 Å². The summed E-state index contributed by atoms with van der Waals surface area (Å²) in [7, 11) is 1.58. The topological polar surface area (TPSA) is 55.0 Å². The van der Waals surface area contributed by atoms with Crippen LogP contribution in [0.1, 0.15) is 0 Å². The van der Waals surface area contributed by atoms with Gasteiger partial charge >= 0.3 is 0 Å². The van der Waals surface area contributed by atoms with Gasteiger partial charge in [0.2, 0.25) is 0 Å². The van der Waals surface area contributed by atoms with E-state index in [9.17, 15) is 4.79 Å². The molecular formula is C11H10N2O2. The Morgan fingerprint density at radius 2 is 2.20 bits per heavy atom. The SMILES string of the molecule is COc1cncc(-c2cc(=O)cc[nH]2)c1. The number of nitrogens with one attached hydrogen (secondary N) is 1. The Kier molecular flexibility index (Phi) is 2.49. The molecule has 4 heteroatoms. The molecule has 0 aliphatic carbocycles. The third-order valence-electron chi connectivity index (χ3n) is 2.03. The van der Waals surface area contributed by atoms with Gasteiger partial charge in [-0.2, -0.15) is 0 Å². The van der Waals surface area contributed by atoms with Crippen molar-refractivity contribution in [2.75, 3.05) is 7.11 Å². The first kappa shape index (κ1) is 9.45. The number of rotatable bonds is 2. The van der Waals surface area contributed by atoms with E-state index in [-0.39, 0.29) is 5.43 Å². The zero-order valence-electron chi connectivity index (χ0n) is 8.23. The van der Waals surface area contributed by atoms with Crippen molar-refractivity contribution in [2.45, 2.75) is 0 Å². The van der Waals surface area contributed by atoms with E-state index >= 15 is 0 Å². The standard InChI is InChI=1S/C11H10N2O2/c1-15-10-4-8(6-12-7-10)11-5-9(14)2-3-13-11/h2-7H,1H3,(H,13,14). The number of hydrogen-bond acceptors (Lipinski definition) is 3. The highest BCUT2D eigenvalue weighted by atomic mass is 16.5. The molecule has 0 aliphatic heterocycles. The summed E-state index contributed by atoms with van der Waals surface area (Å²) in [6.45, 7) is 0. The molecule has 0 spiro atoms. The van der Waals surface area contributed by atoms with Crippen LogP contribution in [0.2, 0.25) is 0 Å². The van der Waals surface area contributed by atoms with Crippen molar-refractivity contribution in [3.05, 3.63) is 47.0 Å². The van der Waals surface area contributed by atoms with Gasteiger partial charge in [0.25, 0.3) is 0 Å². The molecular weight excluding hydrogens is 192 g/mol. The lowest BCUT2D eigenvalue weighted by molar-refractivity contribution is 0.413. The fraction of sp³-hybridized carbons (Fsp3) is 0.0909. The van der Waals surface area contributed by atoms with E-state index in [1.807, 2.05) is 6.07 Å². The summed E-state index contributed by atoms with van der Waals surface area (Å²) < 4.78 is 5.05. The fourth-order valence-electron chi connectivity index (χ4n) is 1.29. The van der Waals surface area contributed by atoms with Crippen LogP contribution in [-0.2, 0) is 0 Å². The normalized spacial score (nSPS) is 9.93. The highest BCUT2D eigenvalue weighted by Gasteiger charge is 2.00. The van der Waals surface area contributed by atoms with Gasteiger partial charge in [-0.25, -0.2) is 0 Å². The van der Waals surface area contributed by atoms with Gasteiger partial charge in [-0.1, -0.05) is 0 Å². The maximum Gasteiger partial charge on any atom is 0.182 e.